The normalized spacial score (nSPS) is 31.5. The Hall–Kier alpha value is -1.26. The molecular formula is C10H15NO4. The summed E-state index contributed by atoms with van der Waals surface area (Å²) in [6, 6.07) is 0.190. The fraction of sp³-hybridized carbons (Fsp3) is 0.800. The zero-order chi connectivity index (χ0) is 10.8. The second-order valence-electron chi connectivity index (χ2n) is 4.15. The van der Waals surface area contributed by atoms with Gasteiger partial charge in [0.05, 0.1) is 12.5 Å². The van der Waals surface area contributed by atoms with E-state index >= 15 is 0 Å². The average Bonchev–Trinajstić information content (AvgIpc) is 2.65. The summed E-state index contributed by atoms with van der Waals surface area (Å²) in [5.41, 5.74) is 0. The maximum Gasteiger partial charge on any atom is 0.410 e. The molecule has 1 saturated heterocycles. The molecule has 0 unspecified atom stereocenters. The SMILES string of the molecule is O=C1OCCN1[C@H]1CC[C@H](C(=O)O)CC1. The highest BCUT2D eigenvalue weighted by Gasteiger charge is 2.34. The molecular weight excluding hydrogens is 198 g/mol. The van der Waals surface area contributed by atoms with Crippen LogP contribution in [0.25, 0.3) is 0 Å². The number of nitrogens with zero attached hydrogens (tertiary/aromatic N) is 1. The number of ether oxygens (including phenoxy) is 1. The largest absolute Gasteiger partial charge is 0.481 e. The van der Waals surface area contributed by atoms with Gasteiger partial charge in [-0.1, -0.05) is 0 Å². The molecule has 1 aliphatic carbocycles. The molecule has 0 spiro atoms. The Balaban J connectivity index is 1.87. The summed E-state index contributed by atoms with van der Waals surface area (Å²) < 4.78 is 4.86. The summed E-state index contributed by atoms with van der Waals surface area (Å²) in [7, 11) is 0. The minimum Gasteiger partial charge on any atom is -0.481 e. The standard InChI is InChI=1S/C10H15NO4/c12-9(13)7-1-3-8(4-2-7)11-5-6-15-10(11)14/h7-8H,1-6H2,(H,12,13)/t7-,8-. The highest BCUT2D eigenvalue weighted by Crippen LogP contribution is 2.29. The van der Waals surface area contributed by atoms with Crippen LogP contribution < -0.4 is 0 Å². The van der Waals surface area contributed by atoms with Crippen LogP contribution in [0.1, 0.15) is 25.7 Å². The Morgan fingerprint density at radius 3 is 2.47 bits per heavy atom. The molecule has 0 aromatic rings. The molecule has 2 fully saturated rings. The Morgan fingerprint density at radius 2 is 2.00 bits per heavy atom. The van der Waals surface area contributed by atoms with E-state index in [1.54, 1.807) is 4.90 Å². The third-order valence-corrected chi connectivity index (χ3v) is 3.28. The molecule has 2 rings (SSSR count). The molecule has 84 valence electrons. The summed E-state index contributed by atoms with van der Waals surface area (Å²) in [5.74, 6) is -0.933. The van der Waals surface area contributed by atoms with Gasteiger partial charge in [-0.2, -0.15) is 0 Å². The van der Waals surface area contributed by atoms with Crippen LogP contribution in [-0.2, 0) is 9.53 Å². The summed E-state index contributed by atoms with van der Waals surface area (Å²) in [4.78, 5) is 23.8. The molecule has 0 atom stereocenters. The zero-order valence-corrected chi connectivity index (χ0v) is 8.52. The van der Waals surface area contributed by atoms with Gasteiger partial charge in [0.1, 0.15) is 6.61 Å². The molecule has 0 aromatic carbocycles. The number of rotatable bonds is 2. The van der Waals surface area contributed by atoms with E-state index in [1.165, 1.54) is 0 Å². The lowest BCUT2D eigenvalue weighted by atomic mass is 9.85. The van der Waals surface area contributed by atoms with Crippen molar-refractivity contribution >= 4 is 12.1 Å². The highest BCUT2D eigenvalue weighted by molar-refractivity contribution is 5.71. The van der Waals surface area contributed by atoms with Crippen molar-refractivity contribution in [3.8, 4) is 0 Å². The number of carbonyl (C=O) groups excluding carboxylic acids is 1. The van der Waals surface area contributed by atoms with Crippen LogP contribution in [0, 0.1) is 5.92 Å². The molecule has 1 N–H and O–H groups in total. The van der Waals surface area contributed by atoms with Crippen molar-refractivity contribution in [3.63, 3.8) is 0 Å². The lowest BCUT2D eigenvalue weighted by Crippen LogP contribution is -2.39. The van der Waals surface area contributed by atoms with Crippen LogP contribution in [0.5, 0.6) is 0 Å². The molecule has 5 nitrogen and oxygen atoms in total. The smallest absolute Gasteiger partial charge is 0.410 e. The fourth-order valence-corrected chi connectivity index (χ4v) is 2.37. The first-order valence-electron chi connectivity index (χ1n) is 5.34. The molecule has 2 aliphatic rings. The first-order valence-corrected chi connectivity index (χ1v) is 5.34. The summed E-state index contributed by atoms with van der Waals surface area (Å²) in [6.45, 7) is 1.12. The Labute approximate surface area is 88.0 Å². The fourth-order valence-electron chi connectivity index (χ4n) is 2.37. The average molecular weight is 213 g/mol. The monoisotopic (exact) mass is 213 g/mol. The van der Waals surface area contributed by atoms with Gasteiger partial charge in [-0.05, 0) is 25.7 Å². The Kier molecular flexibility index (Phi) is 2.79. The van der Waals surface area contributed by atoms with Gasteiger partial charge in [-0.3, -0.25) is 4.79 Å². The van der Waals surface area contributed by atoms with E-state index in [9.17, 15) is 9.59 Å². The maximum atomic E-state index is 11.3. The molecule has 0 radical (unpaired) electrons. The Morgan fingerprint density at radius 1 is 1.33 bits per heavy atom. The minimum absolute atomic E-state index is 0.190. The second kappa shape index (κ2) is 4.08. The quantitative estimate of drug-likeness (QED) is 0.745. The van der Waals surface area contributed by atoms with Gasteiger partial charge in [0, 0.05) is 6.04 Å². The lowest BCUT2D eigenvalue weighted by Gasteiger charge is -2.31. The van der Waals surface area contributed by atoms with Crippen LogP contribution in [0.4, 0.5) is 4.79 Å². The van der Waals surface area contributed by atoms with Gasteiger partial charge in [0.15, 0.2) is 0 Å². The van der Waals surface area contributed by atoms with Crippen molar-refractivity contribution in [2.45, 2.75) is 31.7 Å². The number of carbonyl (C=O) groups is 2. The first kappa shape index (κ1) is 10.3. The molecule has 1 amide bonds. The number of hydrogen-bond acceptors (Lipinski definition) is 3. The number of aliphatic carboxylic acids is 1. The Bertz CT molecular complexity index is 271. The molecule has 5 heteroatoms. The van der Waals surface area contributed by atoms with Gasteiger partial charge in [-0.25, -0.2) is 4.79 Å². The number of amides is 1. The van der Waals surface area contributed by atoms with Crippen LogP contribution in [0.2, 0.25) is 0 Å². The van der Waals surface area contributed by atoms with E-state index in [2.05, 4.69) is 0 Å². The number of cyclic esters (lactones) is 1. The van der Waals surface area contributed by atoms with Crippen molar-refractivity contribution < 1.29 is 19.4 Å². The van der Waals surface area contributed by atoms with E-state index in [1.807, 2.05) is 0 Å². The first-order chi connectivity index (χ1) is 7.18. The van der Waals surface area contributed by atoms with Gasteiger partial charge < -0.3 is 14.7 Å². The molecule has 1 saturated carbocycles. The van der Waals surface area contributed by atoms with Crippen molar-refractivity contribution in [1.29, 1.82) is 0 Å². The number of carboxylic acid groups (broad SMARTS) is 1. The summed E-state index contributed by atoms with van der Waals surface area (Å²) in [6.07, 6.45) is 2.67. The van der Waals surface area contributed by atoms with Crippen molar-refractivity contribution in [3.05, 3.63) is 0 Å². The van der Waals surface area contributed by atoms with Crippen LogP contribution in [0.3, 0.4) is 0 Å². The van der Waals surface area contributed by atoms with E-state index in [4.69, 9.17) is 9.84 Å². The summed E-state index contributed by atoms with van der Waals surface area (Å²) in [5, 5.41) is 8.84. The van der Waals surface area contributed by atoms with Crippen molar-refractivity contribution in [2.75, 3.05) is 13.2 Å². The van der Waals surface area contributed by atoms with Crippen LogP contribution >= 0.6 is 0 Å². The number of carboxylic acids is 1. The number of hydrogen-bond donors (Lipinski definition) is 1. The molecule has 0 bridgehead atoms. The highest BCUT2D eigenvalue weighted by atomic mass is 16.6. The van der Waals surface area contributed by atoms with Gasteiger partial charge in [0.25, 0.3) is 0 Å². The second-order valence-corrected chi connectivity index (χ2v) is 4.15. The lowest BCUT2D eigenvalue weighted by molar-refractivity contribution is -0.143. The van der Waals surface area contributed by atoms with Gasteiger partial charge >= 0.3 is 12.1 Å². The third-order valence-electron chi connectivity index (χ3n) is 3.28. The zero-order valence-electron chi connectivity index (χ0n) is 8.52. The van der Waals surface area contributed by atoms with E-state index in [0.717, 1.165) is 12.8 Å². The van der Waals surface area contributed by atoms with E-state index < -0.39 is 5.97 Å². The van der Waals surface area contributed by atoms with E-state index in [-0.39, 0.29) is 18.1 Å². The predicted molar refractivity (Wildman–Crippen MR) is 51.4 cm³/mol. The molecule has 1 aliphatic heterocycles. The third kappa shape index (κ3) is 2.06. The minimum atomic E-state index is -0.711. The van der Waals surface area contributed by atoms with Gasteiger partial charge in [-0.15, -0.1) is 0 Å². The summed E-state index contributed by atoms with van der Waals surface area (Å²) >= 11 is 0. The molecule has 15 heavy (non-hydrogen) atoms. The van der Waals surface area contributed by atoms with Crippen molar-refractivity contribution in [2.24, 2.45) is 5.92 Å². The van der Waals surface area contributed by atoms with Gasteiger partial charge in [0.2, 0.25) is 0 Å². The molecule has 1 heterocycles. The predicted octanol–water partition coefficient (Wildman–Crippen LogP) is 1.08. The maximum absolute atomic E-state index is 11.3. The van der Waals surface area contributed by atoms with Crippen LogP contribution in [0.15, 0.2) is 0 Å². The van der Waals surface area contributed by atoms with Crippen LogP contribution in [-0.4, -0.2) is 41.3 Å². The molecule has 0 aromatic heterocycles. The topological polar surface area (TPSA) is 66.8 Å². The van der Waals surface area contributed by atoms with Crippen molar-refractivity contribution in [1.82, 2.24) is 4.90 Å². The van der Waals surface area contributed by atoms with E-state index in [0.29, 0.717) is 26.0 Å².